The highest BCUT2D eigenvalue weighted by Gasteiger charge is 2.19. The van der Waals surface area contributed by atoms with Gasteiger partial charge >= 0.3 is 0 Å². The lowest BCUT2D eigenvalue weighted by molar-refractivity contribution is -0.120. The second-order valence-electron chi connectivity index (χ2n) is 10.5. The largest absolute Gasteiger partial charge is 0.367 e. The SMILES string of the molecule is CC(C)Cc1ccc(C(C)C(O)OCc2ccc3c4cccc5cccc(c6cccc2c63)c54)cc1. The van der Waals surface area contributed by atoms with Crippen molar-refractivity contribution < 1.29 is 9.84 Å². The van der Waals surface area contributed by atoms with E-state index >= 15 is 0 Å². The Kier molecular flexibility index (Phi) is 5.87. The minimum absolute atomic E-state index is 0.109. The molecule has 6 aromatic carbocycles. The lowest BCUT2D eigenvalue weighted by atomic mass is 9.88. The summed E-state index contributed by atoms with van der Waals surface area (Å²) >= 11 is 0. The first-order valence-electron chi connectivity index (χ1n) is 13.0. The van der Waals surface area contributed by atoms with Crippen molar-refractivity contribution in [1.29, 1.82) is 0 Å². The Bertz CT molecular complexity index is 1610. The molecule has 0 spiro atoms. The van der Waals surface area contributed by atoms with E-state index in [0.717, 1.165) is 17.5 Å². The molecule has 0 fully saturated rings. The maximum atomic E-state index is 10.9. The van der Waals surface area contributed by atoms with Crippen molar-refractivity contribution in [2.75, 3.05) is 0 Å². The molecule has 0 saturated carbocycles. The van der Waals surface area contributed by atoms with Crippen LogP contribution in [0.15, 0.2) is 91.0 Å². The van der Waals surface area contributed by atoms with Crippen molar-refractivity contribution in [3.05, 3.63) is 108 Å². The monoisotopic (exact) mass is 472 g/mol. The number of aliphatic hydroxyl groups excluding tert-OH is 1. The highest BCUT2D eigenvalue weighted by atomic mass is 16.6. The average molecular weight is 473 g/mol. The van der Waals surface area contributed by atoms with E-state index in [1.165, 1.54) is 48.7 Å². The van der Waals surface area contributed by atoms with Crippen molar-refractivity contribution >= 4 is 43.1 Å². The molecule has 6 aromatic rings. The van der Waals surface area contributed by atoms with Crippen molar-refractivity contribution in [3.8, 4) is 0 Å². The summed E-state index contributed by atoms with van der Waals surface area (Å²) in [6, 6.07) is 32.6. The van der Waals surface area contributed by atoms with E-state index in [4.69, 9.17) is 4.74 Å². The summed E-state index contributed by atoms with van der Waals surface area (Å²) in [5.41, 5.74) is 3.52. The van der Waals surface area contributed by atoms with Gasteiger partial charge in [-0.1, -0.05) is 112 Å². The first kappa shape index (κ1) is 23.0. The molecule has 0 aliphatic carbocycles. The van der Waals surface area contributed by atoms with Gasteiger partial charge in [-0.25, -0.2) is 0 Å². The third-order valence-corrected chi connectivity index (χ3v) is 7.60. The fourth-order valence-electron chi connectivity index (χ4n) is 5.74. The molecule has 36 heavy (non-hydrogen) atoms. The van der Waals surface area contributed by atoms with Gasteiger partial charge in [0.2, 0.25) is 0 Å². The summed E-state index contributed by atoms with van der Waals surface area (Å²) in [5, 5.41) is 21.1. The lowest BCUT2D eigenvalue weighted by Gasteiger charge is -2.21. The molecule has 2 unspecified atom stereocenters. The van der Waals surface area contributed by atoms with Crippen molar-refractivity contribution in [1.82, 2.24) is 0 Å². The minimum Gasteiger partial charge on any atom is -0.367 e. The topological polar surface area (TPSA) is 29.5 Å². The molecule has 0 bridgehead atoms. The van der Waals surface area contributed by atoms with Crippen LogP contribution in [0.25, 0.3) is 43.1 Å². The summed E-state index contributed by atoms with van der Waals surface area (Å²) in [6.45, 7) is 6.85. The molecule has 2 nitrogen and oxygen atoms in total. The van der Waals surface area contributed by atoms with E-state index in [0.29, 0.717) is 12.5 Å². The molecule has 1 N–H and O–H groups in total. The molecule has 180 valence electrons. The van der Waals surface area contributed by atoms with E-state index < -0.39 is 6.29 Å². The molecular weight excluding hydrogens is 440 g/mol. The number of fused-ring (bicyclic) bond motifs is 2. The summed E-state index contributed by atoms with van der Waals surface area (Å²) in [7, 11) is 0. The number of rotatable bonds is 7. The Hall–Kier alpha value is -3.46. The van der Waals surface area contributed by atoms with Gasteiger partial charge < -0.3 is 9.84 Å². The van der Waals surface area contributed by atoms with Gasteiger partial charge in [-0.05, 0) is 72.1 Å². The van der Waals surface area contributed by atoms with Crippen LogP contribution in [0.1, 0.15) is 43.4 Å². The number of aliphatic hydroxyl groups is 1. The van der Waals surface area contributed by atoms with E-state index in [9.17, 15) is 5.11 Å². The Labute approximate surface area is 212 Å². The molecule has 0 aliphatic rings. The number of hydrogen-bond acceptors (Lipinski definition) is 2. The standard InChI is InChI=1S/C34H32O2/c1-21(2)19-23-13-15-24(16-14-23)22(3)34(35)36-20-26-17-18-31-29-11-5-8-25-7-4-10-28(32(25)29)30-12-6-9-27(26)33(30)31/h4-18,21-22,34-35H,19-20H2,1-3H3. The highest BCUT2D eigenvalue weighted by Crippen LogP contribution is 2.41. The van der Waals surface area contributed by atoms with Crippen LogP contribution in [0, 0.1) is 5.92 Å². The number of hydrogen-bond donors (Lipinski definition) is 1. The Balaban J connectivity index is 1.32. The van der Waals surface area contributed by atoms with Gasteiger partial charge in [0.25, 0.3) is 0 Å². The maximum Gasteiger partial charge on any atom is 0.161 e. The highest BCUT2D eigenvalue weighted by molar-refractivity contribution is 6.33. The Morgan fingerprint density at radius 2 is 1.22 bits per heavy atom. The molecule has 6 rings (SSSR count). The van der Waals surface area contributed by atoms with Crippen molar-refractivity contribution in [3.63, 3.8) is 0 Å². The molecule has 0 amide bonds. The quantitative estimate of drug-likeness (QED) is 0.143. The average Bonchev–Trinajstić information content (AvgIpc) is 2.90. The molecular formula is C34H32O2. The van der Waals surface area contributed by atoms with Crippen LogP contribution in [-0.4, -0.2) is 11.4 Å². The van der Waals surface area contributed by atoms with Crippen LogP contribution in [0.4, 0.5) is 0 Å². The first-order chi connectivity index (χ1) is 17.5. The molecule has 0 heterocycles. The Morgan fingerprint density at radius 1 is 0.639 bits per heavy atom. The van der Waals surface area contributed by atoms with Gasteiger partial charge in [-0.2, -0.15) is 0 Å². The van der Waals surface area contributed by atoms with Crippen LogP contribution in [0.3, 0.4) is 0 Å². The van der Waals surface area contributed by atoms with E-state index in [1.807, 2.05) is 6.92 Å². The summed E-state index contributed by atoms with van der Waals surface area (Å²) in [6.07, 6.45) is 0.193. The lowest BCUT2D eigenvalue weighted by Crippen LogP contribution is -2.19. The van der Waals surface area contributed by atoms with Gasteiger partial charge in [-0.3, -0.25) is 0 Å². The predicted molar refractivity (Wildman–Crippen MR) is 152 cm³/mol. The molecule has 2 heteroatoms. The van der Waals surface area contributed by atoms with Crippen LogP contribution >= 0.6 is 0 Å². The minimum atomic E-state index is -0.874. The fourth-order valence-corrected chi connectivity index (χ4v) is 5.74. The maximum absolute atomic E-state index is 10.9. The predicted octanol–water partition coefficient (Wildman–Crippen LogP) is 8.57. The van der Waals surface area contributed by atoms with Gasteiger partial charge in [0.1, 0.15) is 0 Å². The number of ether oxygens (including phenoxy) is 1. The molecule has 0 radical (unpaired) electrons. The summed E-state index contributed by atoms with van der Waals surface area (Å²) in [5.74, 6) is 0.522. The second-order valence-corrected chi connectivity index (χ2v) is 10.5. The van der Waals surface area contributed by atoms with Crippen molar-refractivity contribution in [2.24, 2.45) is 5.92 Å². The van der Waals surface area contributed by atoms with E-state index in [-0.39, 0.29) is 5.92 Å². The Morgan fingerprint density at radius 3 is 1.89 bits per heavy atom. The molecule has 0 saturated heterocycles. The van der Waals surface area contributed by atoms with Crippen LogP contribution in [-0.2, 0) is 17.8 Å². The zero-order chi connectivity index (χ0) is 24.8. The smallest absolute Gasteiger partial charge is 0.161 e. The van der Waals surface area contributed by atoms with Crippen molar-refractivity contribution in [2.45, 2.75) is 46.0 Å². The first-order valence-corrected chi connectivity index (χ1v) is 13.0. The van der Waals surface area contributed by atoms with Gasteiger partial charge in [-0.15, -0.1) is 0 Å². The molecule has 0 aromatic heterocycles. The number of benzene rings is 6. The summed E-state index contributed by atoms with van der Waals surface area (Å²) < 4.78 is 6.06. The van der Waals surface area contributed by atoms with Crippen LogP contribution in [0.2, 0.25) is 0 Å². The van der Waals surface area contributed by atoms with Gasteiger partial charge in [0, 0.05) is 5.92 Å². The van der Waals surface area contributed by atoms with Crippen LogP contribution < -0.4 is 0 Å². The fraction of sp³-hybridized carbons (Fsp3) is 0.235. The van der Waals surface area contributed by atoms with Gasteiger partial charge in [0.05, 0.1) is 6.61 Å². The molecule has 2 atom stereocenters. The third-order valence-electron chi connectivity index (χ3n) is 7.60. The van der Waals surface area contributed by atoms with E-state index in [1.54, 1.807) is 0 Å². The van der Waals surface area contributed by atoms with Gasteiger partial charge in [0.15, 0.2) is 6.29 Å². The second kappa shape index (κ2) is 9.20. The zero-order valence-electron chi connectivity index (χ0n) is 21.2. The normalized spacial score (nSPS) is 13.9. The van der Waals surface area contributed by atoms with Crippen LogP contribution in [0.5, 0.6) is 0 Å². The van der Waals surface area contributed by atoms with E-state index in [2.05, 4.69) is 105 Å². The molecule has 0 aliphatic heterocycles. The third kappa shape index (κ3) is 3.91. The zero-order valence-corrected chi connectivity index (χ0v) is 21.2. The summed E-state index contributed by atoms with van der Waals surface area (Å²) in [4.78, 5) is 0.